The highest BCUT2D eigenvalue weighted by molar-refractivity contribution is 5.74. The largest absolute Gasteiger partial charge is 0.203 e. The predicted octanol–water partition coefficient (Wildman–Crippen LogP) is 11.5. The van der Waals surface area contributed by atoms with E-state index in [1.165, 1.54) is 32.1 Å². The molecule has 1 unspecified atom stereocenters. The maximum atomic E-state index is 15.4. The first-order valence-electron chi connectivity index (χ1n) is 15.3. The molecule has 2 aliphatic carbocycles. The van der Waals surface area contributed by atoms with Crippen LogP contribution >= 0.6 is 0 Å². The predicted molar refractivity (Wildman–Crippen MR) is 161 cm³/mol. The van der Waals surface area contributed by atoms with E-state index in [4.69, 9.17) is 0 Å². The quantitative estimate of drug-likeness (QED) is 0.180. The van der Waals surface area contributed by atoms with Gasteiger partial charge in [0.05, 0.1) is 0 Å². The molecule has 0 amide bonds. The average Bonchev–Trinajstić information content (AvgIpc) is 3.00. The van der Waals surface area contributed by atoms with E-state index >= 15 is 8.78 Å². The van der Waals surface area contributed by atoms with Gasteiger partial charge in [0.25, 0.3) is 0 Å². The Kier molecular flexibility index (Phi) is 9.47. The minimum absolute atomic E-state index is 0.152. The van der Waals surface area contributed by atoms with Crippen molar-refractivity contribution in [3.05, 3.63) is 102 Å². The zero-order valence-electron chi connectivity index (χ0n) is 24.0. The summed E-state index contributed by atoms with van der Waals surface area (Å²) in [5, 5.41) is 0. The maximum Gasteiger partial charge on any atom is 0.167 e. The van der Waals surface area contributed by atoms with E-state index in [1.807, 2.05) is 13.0 Å². The fourth-order valence-electron chi connectivity index (χ4n) is 6.95. The van der Waals surface area contributed by atoms with E-state index in [9.17, 15) is 8.78 Å². The van der Waals surface area contributed by atoms with Gasteiger partial charge < -0.3 is 0 Å². The summed E-state index contributed by atoms with van der Waals surface area (Å²) in [6, 6.07) is 13.0. The van der Waals surface area contributed by atoms with E-state index in [1.54, 1.807) is 48.5 Å². The smallest absolute Gasteiger partial charge is 0.167 e. The van der Waals surface area contributed by atoms with Crippen molar-refractivity contribution in [3.8, 4) is 22.3 Å². The molecule has 0 aliphatic heterocycles. The van der Waals surface area contributed by atoms with Crippen molar-refractivity contribution in [3.63, 3.8) is 0 Å². The number of halogens is 4. The summed E-state index contributed by atoms with van der Waals surface area (Å²) in [7, 11) is 0. The van der Waals surface area contributed by atoms with Crippen molar-refractivity contribution in [2.24, 2.45) is 17.8 Å². The van der Waals surface area contributed by atoms with Crippen LogP contribution in [0.2, 0.25) is 0 Å². The Labute approximate surface area is 242 Å². The van der Waals surface area contributed by atoms with Crippen LogP contribution in [0.1, 0.15) is 82.3 Å². The molecule has 4 heteroatoms. The van der Waals surface area contributed by atoms with Gasteiger partial charge in [0.15, 0.2) is 23.3 Å². The fraction of sp³-hybridized carbons (Fsp3) is 0.405. The van der Waals surface area contributed by atoms with Crippen LogP contribution in [-0.4, -0.2) is 0 Å². The van der Waals surface area contributed by atoms with Crippen molar-refractivity contribution in [1.82, 2.24) is 0 Å². The summed E-state index contributed by atoms with van der Waals surface area (Å²) in [5.74, 6) is -1.22. The summed E-state index contributed by atoms with van der Waals surface area (Å²) in [5.41, 5.74) is 2.87. The highest BCUT2D eigenvalue weighted by Gasteiger charge is 2.29. The molecule has 5 rings (SSSR count). The molecule has 0 saturated heterocycles. The Bertz CT molecular complexity index is 1390. The molecule has 0 N–H and O–H groups in total. The molecule has 0 spiro atoms. The molecule has 0 radical (unpaired) electrons. The highest BCUT2D eigenvalue weighted by atomic mass is 19.2. The second-order valence-electron chi connectivity index (χ2n) is 11.9. The molecule has 0 heterocycles. The normalized spacial score (nSPS) is 21.0. The van der Waals surface area contributed by atoms with Crippen LogP contribution in [0, 0.1) is 41.0 Å². The first-order chi connectivity index (χ1) is 19.9. The third kappa shape index (κ3) is 6.37. The third-order valence-electron chi connectivity index (χ3n) is 9.41. The number of allylic oxidation sites excluding steroid dienone is 3. The third-order valence-corrected chi connectivity index (χ3v) is 9.41. The topological polar surface area (TPSA) is 0 Å². The van der Waals surface area contributed by atoms with Crippen LogP contribution in [-0.2, 0) is 6.42 Å². The number of rotatable bonds is 9. The Hall–Kier alpha value is -3.14. The summed E-state index contributed by atoms with van der Waals surface area (Å²) in [6.45, 7) is 5.76. The van der Waals surface area contributed by atoms with Crippen molar-refractivity contribution < 1.29 is 17.6 Å². The molecule has 3 aromatic rings. The Morgan fingerprint density at radius 1 is 0.707 bits per heavy atom. The molecule has 1 saturated carbocycles. The second kappa shape index (κ2) is 13.2. The molecule has 216 valence electrons. The van der Waals surface area contributed by atoms with Gasteiger partial charge in [0.1, 0.15) is 0 Å². The maximum absolute atomic E-state index is 15.4. The van der Waals surface area contributed by atoms with Crippen LogP contribution in [0.3, 0.4) is 0 Å². The zero-order valence-corrected chi connectivity index (χ0v) is 24.0. The van der Waals surface area contributed by atoms with Crippen LogP contribution in [0.5, 0.6) is 0 Å². The monoisotopic (exact) mass is 560 g/mol. The summed E-state index contributed by atoms with van der Waals surface area (Å²) < 4.78 is 59.9. The standard InChI is InChI=1S/C37H40F4/c1-3-5-7-24-8-10-25(11-9-24)26-12-14-27(15-13-26)32-22-23-33(37(41)36(32)40)29-18-16-28(17-19-29)31-21-20-30(6-4-2)34(38)35(31)39/h3,14,16-26H,1,4-13,15H2,2H3. The zero-order chi connectivity index (χ0) is 28.9. The Morgan fingerprint density at radius 3 is 1.88 bits per heavy atom. The van der Waals surface area contributed by atoms with Gasteiger partial charge in [-0.3, -0.25) is 0 Å². The van der Waals surface area contributed by atoms with Crippen molar-refractivity contribution >= 4 is 5.57 Å². The van der Waals surface area contributed by atoms with Gasteiger partial charge in [-0.25, -0.2) is 17.6 Å². The van der Waals surface area contributed by atoms with Crippen molar-refractivity contribution in [2.45, 2.75) is 77.6 Å². The van der Waals surface area contributed by atoms with E-state index in [-0.39, 0.29) is 11.1 Å². The van der Waals surface area contributed by atoms with Gasteiger partial charge in [0.2, 0.25) is 0 Å². The summed E-state index contributed by atoms with van der Waals surface area (Å²) in [4.78, 5) is 0. The molecule has 1 fully saturated rings. The summed E-state index contributed by atoms with van der Waals surface area (Å²) >= 11 is 0. The van der Waals surface area contributed by atoms with Gasteiger partial charge in [-0.2, -0.15) is 0 Å². The lowest BCUT2D eigenvalue weighted by Crippen LogP contribution is -2.23. The van der Waals surface area contributed by atoms with E-state index in [2.05, 4.69) is 12.7 Å². The first kappa shape index (κ1) is 29.4. The van der Waals surface area contributed by atoms with Gasteiger partial charge in [0, 0.05) is 16.7 Å². The minimum Gasteiger partial charge on any atom is -0.203 e. The average molecular weight is 561 g/mol. The Morgan fingerprint density at radius 2 is 1.29 bits per heavy atom. The lowest BCUT2D eigenvalue weighted by molar-refractivity contribution is 0.190. The molecule has 41 heavy (non-hydrogen) atoms. The molecular weight excluding hydrogens is 520 g/mol. The SMILES string of the molecule is C=CCCC1CCC(C2CC=C(c3ccc(-c4ccc(-c5ccc(CCC)c(F)c5F)cc4)c(F)c3F)CC2)CC1. The van der Waals surface area contributed by atoms with Crippen LogP contribution in [0.25, 0.3) is 27.8 Å². The molecule has 3 aromatic carbocycles. The van der Waals surface area contributed by atoms with Crippen molar-refractivity contribution in [1.29, 1.82) is 0 Å². The molecule has 1 atom stereocenters. The van der Waals surface area contributed by atoms with Crippen LogP contribution in [0.15, 0.2) is 67.3 Å². The molecule has 2 aliphatic rings. The Balaban J connectivity index is 1.27. The van der Waals surface area contributed by atoms with Gasteiger partial charge in [-0.05, 0) is 91.4 Å². The highest BCUT2D eigenvalue weighted by Crippen LogP contribution is 2.43. The molecule has 0 aromatic heterocycles. The molecule has 0 bridgehead atoms. The van der Waals surface area contributed by atoms with Crippen LogP contribution < -0.4 is 0 Å². The van der Waals surface area contributed by atoms with Crippen LogP contribution in [0.4, 0.5) is 17.6 Å². The van der Waals surface area contributed by atoms with E-state index in [0.29, 0.717) is 34.6 Å². The lowest BCUT2D eigenvalue weighted by atomic mass is 9.70. The van der Waals surface area contributed by atoms with Gasteiger partial charge in [-0.15, -0.1) is 6.58 Å². The second-order valence-corrected chi connectivity index (χ2v) is 11.9. The fourth-order valence-corrected chi connectivity index (χ4v) is 6.95. The first-order valence-corrected chi connectivity index (χ1v) is 15.3. The van der Waals surface area contributed by atoms with E-state index in [0.717, 1.165) is 49.5 Å². The van der Waals surface area contributed by atoms with Gasteiger partial charge >= 0.3 is 0 Å². The number of aryl methyl sites for hydroxylation is 1. The van der Waals surface area contributed by atoms with E-state index < -0.39 is 23.3 Å². The molecule has 0 nitrogen and oxygen atoms in total. The summed E-state index contributed by atoms with van der Waals surface area (Å²) in [6.07, 6.45) is 15.6. The molecular formula is C37H40F4. The minimum atomic E-state index is -0.885. The van der Waals surface area contributed by atoms with Crippen molar-refractivity contribution in [2.75, 3.05) is 0 Å². The van der Waals surface area contributed by atoms with Gasteiger partial charge in [-0.1, -0.05) is 86.9 Å². The number of hydrogen-bond acceptors (Lipinski definition) is 0. The number of benzene rings is 3. The lowest BCUT2D eigenvalue weighted by Gasteiger charge is -2.35. The number of hydrogen-bond donors (Lipinski definition) is 0.